The smallest absolute Gasteiger partial charge is 0.319 e. The van der Waals surface area contributed by atoms with Crippen molar-refractivity contribution in [1.29, 1.82) is 0 Å². The van der Waals surface area contributed by atoms with Gasteiger partial charge in [-0.25, -0.2) is 0 Å². The zero-order valence-corrected chi connectivity index (χ0v) is 12.4. The number of nitrogens with one attached hydrogen (secondary N) is 1. The van der Waals surface area contributed by atoms with Gasteiger partial charge in [0.2, 0.25) is 0 Å². The summed E-state index contributed by atoms with van der Waals surface area (Å²) in [6.45, 7) is 1.99. The van der Waals surface area contributed by atoms with Gasteiger partial charge in [-0.15, -0.1) is 11.8 Å². The molecule has 1 rings (SSSR count). The van der Waals surface area contributed by atoms with Gasteiger partial charge in [0.15, 0.2) is 0 Å². The average molecular weight is 297 g/mol. The highest BCUT2D eigenvalue weighted by molar-refractivity contribution is 8.00. The van der Waals surface area contributed by atoms with Crippen LogP contribution in [-0.2, 0) is 9.53 Å². The highest BCUT2D eigenvalue weighted by Gasteiger charge is 2.20. The Morgan fingerprint density at radius 1 is 1.35 bits per heavy atom. The number of amides is 1. The first-order valence-electron chi connectivity index (χ1n) is 6.38. The zero-order valence-electron chi connectivity index (χ0n) is 11.6. The van der Waals surface area contributed by atoms with E-state index in [1.807, 2.05) is 0 Å². The van der Waals surface area contributed by atoms with Crippen molar-refractivity contribution in [2.75, 3.05) is 20.3 Å². The number of ether oxygens (including phenoxy) is 1. The molecule has 0 aliphatic rings. The van der Waals surface area contributed by atoms with Gasteiger partial charge in [0.1, 0.15) is 5.25 Å². The van der Waals surface area contributed by atoms with Gasteiger partial charge in [-0.05, 0) is 37.6 Å². The van der Waals surface area contributed by atoms with Crippen LogP contribution in [0.4, 0.5) is 0 Å². The van der Waals surface area contributed by atoms with Crippen molar-refractivity contribution in [3.8, 4) is 0 Å². The van der Waals surface area contributed by atoms with Crippen LogP contribution in [0.2, 0.25) is 0 Å². The van der Waals surface area contributed by atoms with Crippen molar-refractivity contribution in [3.63, 3.8) is 0 Å². The van der Waals surface area contributed by atoms with Crippen LogP contribution >= 0.6 is 11.8 Å². The molecule has 1 amide bonds. The van der Waals surface area contributed by atoms with Crippen LogP contribution in [-0.4, -0.2) is 42.5 Å². The lowest BCUT2D eigenvalue weighted by Crippen LogP contribution is -2.21. The van der Waals surface area contributed by atoms with Crippen molar-refractivity contribution in [2.24, 2.45) is 0 Å². The standard InChI is InChI=1S/C14H19NO4S/c1-3-19-14(18)12(8-9-16)20-11-6-4-10(5-7-11)13(17)15-2/h4-7,12,16H,3,8-9H2,1-2H3,(H,15,17). The normalized spacial score (nSPS) is 11.8. The third-order valence-corrected chi connectivity index (χ3v) is 3.82. The molecule has 6 heteroatoms. The number of carbonyl (C=O) groups is 2. The van der Waals surface area contributed by atoms with Crippen molar-refractivity contribution in [3.05, 3.63) is 29.8 Å². The quantitative estimate of drug-likeness (QED) is 0.588. The van der Waals surface area contributed by atoms with Gasteiger partial charge >= 0.3 is 5.97 Å². The lowest BCUT2D eigenvalue weighted by atomic mass is 10.2. The van der Waals surface area contributed by atoms with E-state index in [-0.39, 0.29) is 18.5 Å². The summed E-state index contributed by atoms with van der Waals surface area (Å²) in [4.78, 5) is 24.0. The van der Waals surface area contributed by atoms with Crippen molar-refractivity contribution in [1.82, 2.24) is 5.32 Å². The Morgan fingerprint density at radius 3 is 2.50 bits per heavy atom. The molecule has 0 aromatic heterocycles. The van der Waals surface area contributed by atoms with E-state index >= 15 is 0 Å². The summed E-state index contributed by atoms with van der Waals surface area (Å²) in [5, 5.41) is 11.1. The Kier molecular flexibility index (Phi) is 7.11. The SMILES string of the molecule is CCOC(=O)C(CCO)Sc1ccc(C(=O)NC)cc1. The molecule has 1 unspecified atom stereocenters. The van der Waals surface area contributed by atoms with Gasteiger partial charge in [-0.1, -0.05) is 0 Å². The molecule has 0 aliphatic carbocycles. The molecule has 0 fully saturated rings. The number of carbonyl (C=O) groups excluding carboxylic acids is 2. The van der Waals surface area contributed by atoms with E-state index in [0.29, 0.717) is 18.6 Å². The van der Waals surface area contributed by atoms with Gasteiger partial charge in [-0.3, -0.25) is 9.59 Å². The molecule has 2 N–H and O–H groups in total. The number of esters is 1. The first kappa shape index (κ1) is 16.5. The van der Waals surface area contributed by atoms with E-state index in [1.54, 1.807) is 38.2 Å². The molecule has 1 aromatic rings. The molecule has 0 bridgehead atoms. The van der Waals surface area contributed by atoms with Crippen LogP contribution in [0, 0.1) is 0 Å². The van der Waals surface area contributed by atoms with Crippen molar-refractivity contribution < 1.29 is 19.4 Å². The lowest BCUT2D eigenvalue weighted by Gasteiger charge is -2.14. The number of thioether (sulfide) groups is 1. The highest BCUT2D eigenvalue weighted by Crippen LogP contribution is 2.26. The maximum atomic E-state index is 11.7. The fourth-order valence-corrected chi connectivity index (χ4v) is 2.58. The molecule has 1 atom stereocenters. The minimum atomic E-state index is -0.439. The predicted octanol–water partition coefficient (Wildman–Crippen LogP) is 1.45. The van der Waals surface area contributed by atoms with Crippen LogP contribution < -0.4 is 5.32 Å². The number of rotatable bonds is 7. The number of hydrogen-bond donors (Lipinski definition) is 2. The van der Waals surface area contributed by atoms with Gasteiger partial charge in [-0.2, -0.15) is 0 Å². The summed E-state index contributed by atoms with van der Waals surface area (Å²) >= 11 is 1.32. The van der Waals surface area contributed by atoms with Gasteiger partial charge in [0, 0.05) is 24.1 Å². The minimum Gasteiger partial charge on any atom is -0.465 e. The second-order valence-electron chi connectivity index (χ2n) is 3.97. The Labute approximate surface area is 122 Å². The van der Waals surface area contributed by atoms with E-state index in [4.69, 9.17) is 9.84 Å². The van der Waals surface area contributed by atoms with Crippen LogP contribution in [0.15, 0.2) is 29.2 Å². The average Bonchev–Trinajstić information content (AvgIpc) is 2.47. The van der Waals surface area contributed by atoms with Crippen LogP contribution in [0.5, 0.6) is 0 Å². The lowest BCUT2D eigenvalue weighted by molar-refractivity contribution is -0.142. The van der Waals surface area contributed by atoms with Crippen LogP contribution in [0.3, 0.4) is 0 Å². The number of aliphatic hydroxyl groups excluding tert-OH is 1. The van der Waals surface area contributed by atoms with E-state index in [1.165, 1.54) is 11.8 Å². The minimum absolute atomic E-state index is 0.0766. The Balaban J connectivity index is 2.73. The zero-order chi connectivity index (χ0) is 15.0. The molecule has 0 saturated heterocycles. The number of aliphatic hydroxyl groups is 1. The summed E-state index contributed by atoms with van der Waals surface area (Å²) in [5.41, 5.74) is 0.562. The second kappa shape index (κ2) is 8.60. The fourth-order valence-electron chi connectivity index (χ4n) is 1.57. The molecule has 110 valence electrons. The first-order valence-corrected chi connectivity index (χ1v) is 7.26. The maximum Gasteiger partial charge on any atom is 0.319 e. The molecular weight excluding hydrogens is 278 g/mol. The number of benzene rings is 1. The van der Waals surface area contributed by atoms with Gasteiger partial charge in [0.25, 0.3) is 5.91 Å². The molecule has 0 saturated carbocycles. The first-order chi connectivity index (χ1) is 9.62. The van der Waals surface area contributed by atoms with Crippen molar-refractivity contribution in [2.45, 2.75) is 23.5 Å². The Morgan fingerprint density at radius 2 is 2.00 bits per heavy atom. The summed E-state index contributed by atoms with van der Waals surface area (Å²) in [5.74, 6) is -0.485. The van der Waals surface area contributed by atoms with Gasteiger partial charge in [0.05, 0.1) is 6.61 Å². The maximum absolute atomic E-state index is 11.7. The summed E-state index contributed by atoms with van der Waals surface area (Å²) in [6, 6.07) is 6.95. The van der Waals surface area contributed by atoms with Crippen LogP contribution in [0.25, 0.3) is 0 Å². The molecular formula is C14H19NO4S. The van der Waals surface area contributed by atoms with E-state index in [0.717, 1.165) is 4.90 Å². The summed E-state index contributed by atoms with van der Waals surface area (Å²) in [7, 11) is 1.57. The molecule has 5 nitrogen and oxygen atoms in total. The molecule has 0 spiro atoms. The van der Waals surface area contributed by atoms with E-state index in [2.05, 4.69) is 5.32 Å². The molecule has 0 radical (unpaired) electrons. The Bertz CT molecular complexity index is 447. The highest BCUT2D eigenvalue weighted by atomic mass is 32.2. The fraction of sp³-hybridized carbons (Fsp3) is 0.429. The molecule has 0 heterocycles. The Hall–Kier alpha value is -1.53. The number of hydrogen-bond acceptors (Lipinski definition) is 5. The molecule has 0 aliphatic heterocycles. The summed E-state index contributed by atoms with van der Waals surface area (Å²) in [6.07, 6.45) is 0.334. The predicted molar refractivity (Wildman–Crippen MR) is 77.8 cm³/mol. The van der Waals surface area contributed by atoms with Crippen molar-refractivity contribution >= 4 is 23.6 Å². The topological polar surface area (TPSA) is 75.6 Å². The third kappa shape index (κ3) is 4.86. The third-order valence-electron chi connectivity index (χ3n) is 2.56. The van der Waals surface area contributed by atoms with E-state index < -0.39 is 5.25 Å². The monoisotopic (exact) mass is 297 g/mol. The summed E-state index contributed by atoms with van der Waals surface area (Å²) < 4.78 is 4.97. The second-order valence-corrected chi connectivity index (χ2v) is 5.25. The van der Waals surface area contributed by atoms with E-state index in [9.17, 15) is 9.59 Å². The molecule has 1 aromatic carbocycles. The van der Waals surface area contributed by atoms with Gasteiger partial charge < -0.3 is 15.2 Å². The largest absolute Gasteiger partial charge is 0.465 e. The van der Waals surface area contributed by atoms with Crippen LogP contribution in [0.1, 0.15) is 23.7 Å². The molecule has 20 heavy (non-hydrogen) atoms.